The summed E-state index contributed by atoms with van der Waals surface area (Å²) in [6, 6.07) is 8.23. The van der Waals surface area contributed by atoms with Crippen LogP contribution >= 0.6 is 11.3 Å². The van der Waals surface area contributed by atoms with Crippen LogP contribution in [0.3, 0.4) is 0 Å². The van der Waals surface area contributed by atoms with Crippen molar-refractivity contribution in [2.75, 3.05) is 7.11 Å². The van der Waals surface area contributed by atoms with Crippen molar-refractivity contribution in [2.45, 2.75) is 13.5 Å². The predicted octanol–water partition coefficient (Wildman–Crippen LogP) is 3.17. The smallest absolute Gasteiger partial charge is 0.225 e. The average molecular weight is 286 g/mol. The number of aromatic nitrogens is 2. The normalized spacial score (nSPS) is 10.9. The van der Waals surface area contributed by atoms with Gasteiger partial charge in [-0.05, 0) is 12.5 Å². The molecule has 5 heteroatoms. The minimum Gasteiger partial charge on any atom is -0.480 e. The van der Waals surface area contributed by atoms with Gasteiger partial charge >= 0.3 is 0 Å². The van der Waals surface area contributed by atoms with Gasteiger partial charge < -0.3 is 9.84 Å². The maximum absolute atomic E-state index is 9.74. The highest BCUT2D eigenvalue weighted by Gasteiger charge is 2.18. The zero-order valence-corrected chi connectivity index (χ0v) is 12.1. The van der Waals surface area contributed by atoms with Gasteiger partial charge in [-0.25, -0.2) is 9.97 Å². The van der Waals surface area contributed by atoms with Gasteiger partial charge in [0.05, 0.1) is 19.1 Å². The van der Waals surface area contributed by atoms with E-state index in [2.05, 4.69) is 41.2 Å². The molecule has 0 aliphatic rings. The number of hydrogen-bond donors (Lipinski definition) is 1. The SMILES string of the molecule is COc1ncnc2sc(-c3ccc(C)cc3)c(CO)c12. The number of fused-ring (bicyclic) bond motifs is 1. The molecule has 0 amide bonds. The minimum absolute atomic E-state index is 0.0626. The molecule has 0 saturated carbocycles. The van der Waals surface area contributed by atoms with Gasteiger partial charge in [0, 0.05) is 10.4 Å². The molecule has 0 saturated heterocycles. The Morgan fingerprint density at radius 2 is 1.95 bits per heavy atom. The summed E-state index contributed by atoms with van der Waals surface area (Å²) in [7, 11) is 1.58. The van der Waals surface area contributed by atoms with E-state index in [-0.39, 0.29) is 6.61 Å². The molecular formula is C15H14N2O2S. The average Bonchev–Trinajstić information content (AvgIpc) is 2.86. The van der Waals surface area contributed by atoms with Crippen LogP contribution in [0, 0.1) is 6.92 Å². The Morgan fingerprint density at radius 1 is 1.20 bits per heavy atom. The third-order valence-corrected chi connectivity index (χ3v) is 4.41. The highest BCUT2D eigenvalue weighted by atomic mass is 32.1. The Morgan fingerprint density at radius 3 is 2.60 bits per heavy atom. The maximum Gasteiger partial charge on any atom is 0.225 e. The largest absolute Gasteiger partial charge is 0.480 e. The number of hydrogen-bond acceptors (Lipinski definition) is 5. The first kappa shape index (κ1) is 13.0. The summed E-state index contributed by atoms with van der Waals surface area (Å²) in [5, 5.41) is 10.5. The van der Waals surface area contributed by atoms with Crippen LogP contribution in [-0.4, -0.2) is 22.2 Å². The van der Waals surface area contributed by atoms with E-state index in [1.54, 1.807) is 18.4 Å². The summed E-state index contributed by atoms with van der Waals surface area (Å²) in [4.78, 5) is 10.2. The van der Waals surface area contributed by atoms with Gasteiger partial charge in [0.15, 0.2) is 0 Å². The Hall–Kier alpha value is -1.98. The molecule has 20 heavy (non-hydrogen) atoms. The monoisotopic (exact) mass is 286 g/mol. The molecule has 0 radical (unpaired) electrons. The fraction of sp³-hybridized carbons (Fsp3) is 0.200. The standard InChI is InChI=1S/C15H14N2O2S/c1-9-3-5-10(6-4-9)13-11(7-18)12-14(19-2)16-8-17-15(12)20-13/h3-6,8,18H,7H2,1-2H3. The summed E-state index contributed by atoms with van der Waals surface area (Å²) in [5.41, 5.74) is 3.11. The topological polar surface area (TPSA) is 55.2 Å². The van der Waals surface area contributed by atoms with E-state index >= 15 is 0 Å². The Balaban J connectivity index is 2.28. The van der Waals surface area contributed by atoms with Crippen LogP contribution in [0.25, 0.3) is 20.7 Å². The van der Waals surface area contributed by atoms with E-state index in [0.29, 0.717) is 5.88 Å². The van der Waals surface area contributed by atoms with Crippen molar-refractivity contribution in [3.8, 4) is 16.3 Å². The van der Waals surface area contributed by atoms with Crippen molar-refractivity contribution in [2.24, 2.45) is 0 Å². The first-order chi connectivity index (χ1) is 9.74. The van der Waals surface area contributed by atoms with Gasteiger partial charge in [0.25, 0.3) is 0 Å². The van der Waals surface area contributed by atoms with Gasteiger partial charge in [-0.2, -0.15) is 0 Å². The lowest BCUT2D eigenvalue weighted by Gasteiger charge is -2.04. The number of benzene rings is 1. The molecule has 3 rings (SSSR count). The van der Waals surface area contributed by atoms with E-state index < -0.39 is 0 Å². The Kier molecular flexibility index (Phi) is 3.38. The number of methoxy groups -OCH3 is 1. The lowest BCUT2D eigenvalue weighted by Crippen LogP contribution is -1.92. The van der Waals surface area contributed by atoms with Crippen molar-refractivity contribution in [3.63, 3.8) is 0 Å². The van der Waals surface area contributed by atoms with E-state index in [0.717, 1.165) is 26.2 Å². The van der Waals surface area contributed by atoms with Crippen LogP contribution in [0.2, 0.25) is 0 Å². The molecule has 0 aliphatic carbocycles. The van der Waals surface area contributed by atoms with E-state index in [1.165, 1.54) is 11.9 Å². The minimum atomic E-state index is -0.0626. The van der Waals surface area contributed by atoms with Crippen LogP contribution in [0.4, 0.5) is 0 Å². The molecule has 3 aromatic rings. The van der Waals surface area contributed by atoms with Crippen molar-refractivity contribution >= 4 is 21.6 Å². The van der Waals surface area contributed by atoms with Gasteiger partial charge in [-0.3, -0.25) is 0 Å². The van der Waals surface area contributed by atoms with Crippen LogP contribution in [0.5, 0.6) is 5.88 Å². The maximum atomic E-state index is 9.74. The van der Waals surface area contributed by atoms with E-state index in [9.17, 15) is 5.11 Å². The molecule has 0 unspecified atom stereocenters. The van der Waals surface area contributed by atoms with Gasteiger partial charge in [-0.15, -0.1) is 11.3 Å². The molecule has 0 atom stereocenters. The van der Waals surface area contributed by atoms with Crippen molar-refractivity contribution in [1.82, 2.24) is 9.97 Å². The van der Waals surface area contributed by atoms with Crippen molar-refractivity contribution in [1.29, 1.82) is 0 Å². The van der Waals surface area contributed by atoms with Gasteiger partial charge in [0.1, 0.15) is 11.2 Å². The van der Waals surface area contributed by atoms with E-state index in [1.807, 2.05) is 0 Å². The second-order valence-electron chi connectivity index (χ2n) is 4.50. The number of thiophene rings is 1. The number of ether oxygens (including phenoxy) is 1. The molecule has 0 bridgehead atoms. The molecule has 1 aromatic carbocycles. The van der Waals surface area contributed by atoms with Crippen molar-refractivity contribution < 1.29 is 9.84 Å². The second-order valence-corrected chi connectivity index (χ2v) is 5.50. The fourth-order valence-corrected chi connectivity index (χ4v) is 3.35. The fourth-order valence-electron chi connectivity index (χ4n) is 2.21. The molecule has 0 aliphatic heterocycles. The lowest BCUT2D eigenvalue weighted by atomic mass is 10.1. The first-order valence-electron chi connectivity index (χ1n) is 6.23. The molecule has 4 nitrogen and oxygen atoms in total. The number of rotatable bonds is 3. The summed E-state index contributed by atoms with van der Waals surface area (Å²) >= 11 is 1.55. The third kappa shape index (κ3) is 2.05. The number of aryl methyl sites for hydroxylation is 1. The summed E-state index contributed by atoms with van der Waals surface area (Å²) < 4.78 is 5.28. The number of aliphatic hydroxyl groups excluding tert-OH is 1. The summed E-state index contributed by atoms with van der Waals surface area (Å²) in [5.74, 6) is 0.508. The third-order valence-electron chi connectivity index (χ3n) is 3.22. The molecule has 102 valence electrons. The van der Waals surface area contributed by atoms with Gasteiger partial charge in [-0.1, -0.05) is 29.8 Å². The van der Waals surface area contributed by atoms with Crippen molar-refractivity contribution in [3.05, 3.63) is 41.7 Å². The highest BCUT2D eigenvalue weighted by Crippen LogP contribution is 2.40. The molecule has 0 spiro atoms. The Bertz CT molecular complexity index is 750. The lowest BCUT2D eigenvalue weighted by molar-refractivity contribution is 0.283. The predicted molar refractivity (Wildman–Crippen MR) is 80.1 cm³/mol. The molecule has 1 N–H and O–H groups in total. The van der Waals surface area contributed by atoms with Crippen LogP contribution in [0.1, 0.15) is 11.1 Å². The quantitative estimate of drug-likeness (QED) is 0.803. The highest BCUT2D eigenvalue weighted by molar-refractivity contribution is 7.22. The zero-order valence-electron chi connectivity index (χ0n) is 11.3. The molecular weight excluding hydrogens is 272 g/mol. The van der Waals surface area contributed by atoms with Crippen LogP contribution < -0.4 is 4.74 Å². The number of aliphatic hydroxyl groups is 1. The first-order valence-corrected chi connectivity index (χ1v) is 7.04. The number of nitrogens with zero attached hydrogens (tertiary/aromatic N) is 2. The van der Waals surface area contributed by atoms with Crippen LogP contribution in [0.15, 0.2) is 30.6 Å². The van der Waals surface area contributed by atoms with Gasteiger partial charge in [0.2, 0.25) is 5.88 Å². The van der Waals surface area contributed by atoms with E-state index in [4.69, 9.17) is 4.74 Å². The molecule has 2 heterocycles. The Labute approximate surface area is 120 Å². The molecule has 2 aromatic heterocycles. The summed E-state index contributed by atoms with van der Waals surface area (Å²) in [6.07, 6.45) is 1.48. The second kappa shape index (κ2) is 5.19. The van der Waals surface area contributed by atoms with Crippen LogP contribution in [-0.2, 0) is 6.61 Å². The zero-order chi connectivity index (χ0) is 14.1. The summed E-state index contributed by atoms with van der Waals surface area (Å²) in [6.45, 7) is 1.99. The molecule has 0 fully saturated rings.